The van der Waals surface area contributed by atoms with Gasteiger partial charge >= 0.3 is 5.69 Å². The summed E-state index contributed by atoms with van der Waals surface area (Å²) >= 11 is 1.14. The quantitative estimate of drug-likeness (QED) is 0.501. The summed E-state index contributed by atoms with van der Waals surface area (Å²) in [5.41, 5.74) is -2.62. The Morgan fingerprint density at radius 2 is 1.83 bits per heavy atom. The minimum Gasteiger partial charge on any atom is -0.333 e. The molecule has 6 nitrogen and oxygen atoms in total. The lowest BCUT2D eigenvalue weighted by Crippen LogP contribution is -2.43. The summed E-state index contributed by atoms with van der Waals surface area (Å²) in [6, 6.07) is 4.34. The average Bonchev–Trinajstić information content (AvgIpc) is 2.55. The maximum Gasteiger partial charge on any atom is 0.356 e. The molecular weight excluding hydrogens is 333 g/mol. The minimum absolute atomic E-state index is 0.0620. The van der Waals surface area contributed by atoms with E-state index in [4.69, 9.17) is 11.1 Å². The van der Waals surface area contributed by atoms with Crippen LogP contribution in [0.2, 0.25) is 0 Å². The number of nitrogens with zero attached hydrogens (tertiary/aromatic N) is 3. The largest absolute Gasteiger partial charge is 0.356 e. The van der Waals surface area contributed by atoms with Gasteiger partial charge in [-0.1, -0.05) is 0 Å². The fraction of sp³-hybridized carbons (Fsp3) is 0.154. The Labute approximate surface area is 132 Å². The van der Waals surface area contributed by atoms with Crippen LogP contribution in [0.1, 0.15) is 5.56 Å². The van der Waals surface area contributed by atoms with Gasteiger partial charge in [-0.15, -0.1) is 11.8 Å². The van der Waals surface area contributed by atoms with E-state index < -0.39 is 28.7 Å². The highest BCUT2D eigenvalue weighted by molar-refractivity contribution is 7.98. The second kappa shape index (κ2) is 7.55. The van der Waals surface area contributed by atoms with Crippen molar-refractivity contribution in [3.05, 3.63) is 56.4 Å². The topological polar surface area (TPSA) is 93.8 Å². The Hall–Kier alpha value is -2.67. The lowest BCUT2D eigenvalue weighted by Gasteiger charge is -2.10. The van der Waals surface area contributed by atoms with Crippen molar-refractivity contribution in [1.82, 2.24) is 9.24 Å². The van der Waals surface area contributed by atoms with Crippen LogP contribution in [-0.2, 0) is 0 Å². The second-order valence-corrected chi connectivity index (χ2v) is 4.76. The van der Waals surface area contributed by atoms with Gasteiger partial charge in [-0.2, -0.15) is 14.3 Å². The number of benzene rings is 1. The lowest BCUT2D eigenvalue weighted by molar-refractivity contribution is 0.507. The van der Waals surface area contributed by atoms with E-state index in [2.05, 4.69) is 0 Å². The van der Waals surface area contributed by atoms with E-state index in [0.29, 0.717) is 22.7 Å². The molecule has 0 aliphatic carbocycles. The van der Waals surface area contributed by atoms with Gasteiger partial charge < -0.3 is 5.84 Å². The number of rotatable bonds is 2. The zero-order valence-electron chi connectivity index (χ0n) is 12.0. The molecule has 0 unspecified atom stereocenters. The molecular formula is C13H11F3N4O2S. The summed E-state index contributed by atoms with van der Waals surface area (Å²) < 4.78 is 37.2. The second-order valence-electron chi connectivity index (χ2n) is 3.91. The standard InChI is InChI=1S/C12H8F2N4O2S.CH3F/c1-21-9-3-8(7(13)2-6(9)5-15)17-11(19)4-10(14)18(16)12(17)20;1-2/h2-4H,16H2,1H3;1H3. The van der Waals surface area contributed by atoms with Gasteiger partial charge in [-0.3, -0.25) is 9.18 Å². The molecule has 2 rings (SSSR count). The Balaban J connectivity index is 0.00000127. The van der Waals surface area contributed by atoms with E-state index in [0.717, 1.165) is 17.8 Å². The smallest absolute Gasteiger partial charge is 0.333 e. The zero-order chi connectivity index (χ0) is 17.7. The minimum atomic E-state index is -1.24. The molecule has 2 N–H and O–H groups in total. The molecule has 10 heteroatoms. The molecule has 0 spiro atoms. The Morgan fingerprint density at radius 1 is 1.22 bits per heavy atom. The van der Waals surface area contributed by atoms with Crippen LogP contribution >= 0.6 is 11.8 Å². The number of hydrogen-bond donors (Lipinski definition) is 1. The number of nitrogen functional groups attached to an aromatic ring is 1. The molecule has 1 aromatic carbocycles. The summed E-state index contributed by atoms with van der Waals surface area (Å²) in [5, 5.41) is 8.89. The number of halogens is 3. The van der Waals surface area contributed by atoms with Crippen molar-refractivity contribution in [2.75, 3.05) is 19.3 Å². The number of hydrogen-bond acceptors (Lipinski definition) is 5. The van der Waals surface area contributed by atoms with E-state index in [-0.39, 0.29) is 10.2 Å². The molecule has 122 valence electrons. The molecule has 2 aromatic rings. The van der Waals surface area contributed by atoms with Crippen LogP contribution in [-0.4, -0.2) is 22.7 Å². The highest BCUT2D eigenvalue weighted by Crippen LogP contribution is 2.24. The molecule has 0 aliphatic heterocycles. The molecule has 0 saturated carbocycles. The molecule has 23 heavy (non-hydrogen) atoms. The van der Waals surface area contributed by atoms with Crippen molar-refractivity contribution in [1.29, 1.82) is 5.26 Å². The molecule has 0 aliphatic rings. The van der Waals surface area contributed by atoms with Crippen molar-refractivity contribution >= 4 is 11.8 Å². The Morgan fingerprint density at radius 3 is 2.35 bits per heavy atom. The van der Waals surface area contributed by atoms with Crippen LogP contribution in [0.4, 0.5) is 13.2 Å². The zero-order valence-corrected chi connectivity index (χ0v) is 12.8. The van der Waals surface area contributed by atoms with Gasteiger partial charge in [-0.05, 0) is 18.4 Å². The first kappa shape index (κ1) is 18.4. The monoisotopic (exact) mass is 344 g/mol. The maximum absolute atomic E-state index is 14.0. The first-order valence-corrected chi connectivity index (χ1v) is 7.08. The average molecular weight is 344 g/mol. The molecule has 0 bridgehead atoms. The van der Waals surface area contributed by atoms with Gasteiger partial charge in [0, 0.05) is 4.90 Å². The number of aromatic nitrogens is 2. The van der Waals surface area contributed by atoms with E-state index in [9.17, 15) is 22.8 Å². The van der Waals surface area contributed by atoms with E-state index in [1.54, 1.807) is 12.3 Å². The molecule has 0 amide bonds. The summed E-state index contributed by atoms with van der Waals surface area (Å²) in [4.78, 5) is 23.9. The molecule has 0 fully saturated rings. The first-order chi connectivity index (χ1) is 10.9. The molecule has 0 saturated heterocycles. The third-order valence-corrected chi connectivity index (χ3v) is 3.50. The van der Waals surface area contributed by atoms with Crippen LogP contribution in [0, 0.1) is 23.1 Å². The van der Waals surface area contributed by atoms with Gasteiger partial charge in [-0.25, -0.2) is 13.8 Å². The fourth-order valence-corrected chi connectivity index (χ4v) is 2.28. The normalized spacial score (nSPS) is 9.74. The van der Waals surface area contributed by atoms with Crippen LogP contribution in [0.15, 0.2) is 32.7 Å². The lowest BCUT2D eigenvalue weighted by atomic mass is 10.2. The SMILES string of the molecule is CF.CSc1cc(-n2c(=O)cc(F)n(N)c2=O)c(F)cc1C#N. The van der Waals surface area contributed by atoms with Crippen LogP contribution in [0.25, 0.3) is 5.69 Å². The van der Waals surface area contributed by atoms with E-state index in [1.165, 1.54) is 6.07 Å². The molecule has 1 aromatic heterocycles. The summed E-state index contributed by atoms with van der Waals surface area (Å²) in [7, 11) is 0.500. The summed E-state index contributed by atoms with van der Waals surface area (Å²) in [6.45, 7) is 0. The van der Waals surface area contributed by atoms with Crippen molar-refractivity contribution in [2.45, 2.75) is 4.90 Å². The Bertz CT molecular complexity index is 886. The Kier molecular flexibility index (Phi) is 6.03. The van der Waals surface area contributed by atoms with Crippen molar-refractivity contribution in [3.8, 4) is 11.8 Å². The predicted octanol–water partition coefficient (Wildman–Crippen LogP) is 1.17. The number of thioether (sulfide) groups is 1. The van der Waals surface area contributed by atoms with Crippen molar-refractivity contribution in [3.63, 3.8) is 0 Å². The highest BCUT2D eigenvalue weighted by atomic mass is 32.2. The maximum atomic E-state index is 14.0. The third kappa shape index (κ3) is 3.40. The summed E-state index contributed by atoms with van der Waals surface area (Å²) in [6.07, 6.45) is 1.65. The van der Waals surface area contributed by atoms with E-state index in [1.807, 2.05) is 0 Å². The first-order valence-electron chi connectivity index (χ1n) is 5.86. The summed E-state index contributed by atoms with van der Waals surface area (Å²) in [5.74, 6) is 2.96. The molecule has 1 heterocycles. The number of nitrogens with two attached hydrogens (primary N) is 1. The fourth-order valence-electron chi connectivity index (χ4n) is 1.72. The molecule has 0 radical (unpaired) electrons. The van der Waals surface area contributed by atoms with E-state index >= 15 is 0 Å². The van der Waals surface area contributed by atoms with Gasteiger partial charge in [0.25, 0.3) is 5.56 Å². The van der Waals surface area contributed by atoms with Crippen molar-refractivity contribution < 1.29 is 13.2 Å². The van der Waals surface area contributed by atoms with Crippen LogP contribution < -0.4 is 17.1 Å². The highest BCUT2D eigenvalue weighted by Gasteiger charge is 2.17. The molecule has 0 atom stereocenters. The predicted molar refractivity (Wildman–Crippen MR) is 79.9 cm³/mol. The van der Waals surface area contributed by atoms with Gasteiger partial charge in [0.15, 0.2) is 0 Å². The number of nitriles is 1. The third-order valence-electron chi connectivity index (χ3n) is 2.72. The number of alkyl halides is 1. The van der Waals surface area contributed by atoms with Gasteiger partial charge in [0.1, 0.15) is 11.9 Å². The van der Waals surface area contributed by atoms with Crippen LogP contribution in [0.3, 0.4) is 0 Å². The van der Waals surface area contributed by atoms with Gasteiger partial charge in [0.05, 0.1) is 24.5 Å². The van der Waals surface area contributed by atoms with Crippen LogP contribution in [0.5, 0.6) is 0 Å². The van der Waals surface area contributed by atoms with Gasteiger partial charge in [0.2, 0.25) is 5.95 Å². The van der Waals surface area contributed by atoms with Crippen molar-refractivity contribution in [2.24, 2.45) is 0 Å².